The van der Waals surface area contributed by atoms with E-state index in [0.29, 0.717) is 32.1 Å². The van der Waals surface area contributed by atoms with Crippen LogP contribution in [0.4, 0.5) is 0 Å². The van der Waals surface area contributed by atoms with Crippen molar-refractivity contribution >= 4 is 24.3 Å². The molecule has 0 heterocycles. The van der Waals surface area contributed by atoms with Gasteiger partial charge in [-0.25, -0.2) is 39.1 Å². The third kappa shape index (κ3) is 3.29. The number of nitrogens with zero attached hydrogens (tertiary/aromatic N) is 4. The highest BCUT2D eigenvalue weighted by Crippen LogP contribution is 2.59. The fraction of sp³-hybridized carbons (Fsp3) is 0.778. The summed E-state index contributed by atoms with van der Waals surface area (Å²) in [5, 5.41) is 0. The van der Waals surface area contributed by atoms with Gasteiger partial charge in [0.15, 0.2) is 0 Å². The van der Waals surface area contributed by atoms with Crippen LogP contribution in [0.3, 0.4) is 0 Å². The zero-order chi connectivity index (χ0) is 19.2. The van der Waals surface area contributed by atoms with Crippen molar-refractivity contribution in [2.24, 2.45) is 30.8 Å². The molecule has 5 unspecified atom stereocenters. The molecule has 0 saturated heterocycles. The molecule has 8 nitrogen and oxygen atoms in total. The molecule has 0 aromatic heterocycles. The Morgan fingerprint density at radius 2 is 1.23 bits per heavy atom. The van der Waals surface area contributed by atoms with Crippen LogP contribution in [-0.4, -0.2) is 48.5 Å². The zero-order valence-corrected chi connectivity index (χ0v) is 15.0. The predicted octanol–water partition coefficient (Wildman–Crippen LogP) is 2.18. The second-order valence-corrected chi connectivity index (χ2v) is 7.49. The van der Waals surface area contributed by atoms with E-state index in [1.807, 2.05) is 13.8 Å². The number of carbonyl (C=O) groups excluding carboxylic acids is 4. The van der Waals surface area contributed by atoms with Crippen molar-refractivity contribution in [3.63, 3.8) is 0 Å². The molecule has 5 atom stereocenters. The minimum absolute atomic E-state index is 0.268. The molecule has 2 aliphatic rings. The van der Waals surface area contributed by atoms with Gasteiger partial charge in [0, 0.05) is 10.8 Å². The Bertz CT molecular complexity index is 701. The summed E-state index contributed by atoms with van der Waals surface area (Å²) in [6.45, 7) is 3.92. The molecule has 2 saturated carbocycles. The fourth-order valence-corrected chi connectivity index (χ4v) is 4.96. The summed E-state index contributed by atoms with van der Waals surface area (Å²) in [5.74, 6) is 0. The Balaban J connectivity index is 2.58. The SMILES string of the molecule is CC1(C2(C)C(N=C=O)CCCC2N=C=O)CCC(N=C=O)CC1N=C=O. The van der Waals surface area contributed by atoms with Crippen molar-refractivity contribution in [1.82, 2.24) is 0 Å². The lowest BCUT2D eigenvalue weighted by Gasteiger charge is -2.58. The maximum absolute atomic E-state index is 11.1. The lowest BCUT2D eigenvalue weighted by Crippen LogP contribution is -2.60. The third-order valence-electron chi connectivity index (χ3n) is 6.66. The number of aliphatic imine (C=N–C) groups is 4. The van der Waals surface area contributed by atoms with Crippen molar-refractivity contribution in [1.29, 1.82) is 0 Å². The standard InChI is InChI=1S/C18H22N4O4/c1-17(7-6-13(19-9-23)8-16(17)22-12-26)18(2)14(20-10-24)4-3-5-15(18)21-11-25/h13-16H,3-8H2,1-2H3. The van der Waals surface area contributed by atoms with Crippen molar-refractivity contribution in [2.45, 2.75) is 76.5 Å². The molecule has 8 heteroatoms. The van der Waals surface area contributed by atoms with Crippen LogP contribution in [-0.2, 0) is 19.2 Å². The monoisotopic (exact) mass is 358 g/mol. The van der Waals surface area contributed by atoms with Crippen LogP contribution >= 0.6 is 0 Å². The van der Waals surface area contributed by atoms with Gasteiger partial charge in [-0.2, -0.15) is 0 Å². The van der Waals surface area contributed by atoms with Crippen LogP contribution in [0.15, 0.2) is 20.0 Å². The summed E-state index contributed by atoms with van der Waals surface area (Å²) in [4.78, 5) is 59.5. The summed E-state index contributed by atoms with van der Waals surface area (Å²) in [5.41, 5.74) is -1.28. The summed E-state index contributed by atoms with van der Waals surface area (Å²) in [7, 11) is 0. The van der Waals surface area contributed by atoms with Gasteiger partial charge in [-0.3, -0.25) is 0 Å². The van der Waals surface area contributed by atoms with Gasteiger partial charge in [0.25, 0.3) is 0 Å². The van der Waals surface area contributed by atoms with Gasteiger partial charge in [-0.15, -0.1) is 0 Å². The number of hydrogen-bond acceptors (Lipinski definition) is 8. The Morgan fingerprint density at radius 3 is 1.73 bits per heavy atom. The minimum Gasteiger partial charge on any atom is -0.211 e. The average molecular weight is 358 g/mol. The molecule has 0 amide bonds. The van der Waals surface area contributed by atoms with Gasteiger partial charge >= 0.3 is 0 Å². The molecular weight excluding hydrogens is 336 g/mol. The van der Waals surface area contributed by atoms with E-state index in [2.05, 4.69) is 20.0 Å². The van der Waals surface area contributed by atoms with E-state index in [-0.39, 0.29) is 6.04 Å². The summed E-state index contributed by atoms with van der Waals surface area (Å²) < 4.78 is 0. The molecule has 0 N–H and O–H groups in total. The fourth-order valence-electron chi connectivity index (χ4n) is 4.96. The topological polar surface area (TPSA) is 118 Å². The average Bonchev–Trinajstić information content (AvgIpc) is 2.62. The van der Waals surface area contributed by atoms with E-state index in [1.54, 1.807) is 24.3 Å². The third-order valence-corrected chi connectivity index (χ3v) is 6.66. The quantitative estimate of drug-likeness (QED) is 0.553. The van der Waals surface area contributed by atoms with Gasteiger partial charge in [-0.1, -0.05) is 13.8 Å². The number of rotatable bonds is 5. The summed E-state index contributed by atoms with van der Waals surface area (Å²) >= 11 is 0. The smallest absolute Gasteiger partial charge is 0.211 e. The van der Waals surface area contributed by atoms with Crippen molar-refractivity contribution in [2.75, 3.05) is 0 Å². The van der Waals surface area contributed by atoms with Crippen LogP contribution < -0.4 is 0 Å². The second-order valence-electron chi connectivity index (χ2n) is 7.49. The number of isocyanates is 4. The number of hydrogen-bond donors (Lipinski definition) is 0. The molecule has 138 valence electrons. The Hall–Kier alpha value is -2.48. The van der Waals surface area contributed by atoms with Gasteiger partial charge in [0.05, 0.1) is 24.2 Å². The van der Waals surface area contributed by atoms with Crippen molar-refractivity contribution in [3.8, 4) is 0 Å². The highest BCUT2D eigenvalue weighted by molar-refractivity contribution is 5.38. The first-order valence-electron chi connectivity index (χ1n) is 8.75. The van der Waals surface area contributed by atoms with Gasteiger partial charge in [0.2, 0.25) is 24.3 Å². The Labute approximate surface area is 151 Å². The first kappa shape index (κ1) is 19.8. The maximum atomic E-state index is 11.1. The minimum atomic E-state index is -0.694. The Morgan fingerprint density at radius 1 is 0.731 bits per heavy atom. The van der Waals surface area contributed by atoms with Crippen molar-refractivity contribution in [3.05, 3.63) is 0 Å². The lowest BCUT2D eigenvalue weighted by molar-refractivity contribution is -0.0499. The van der Waals surface area contributed by atoms with Gasteiger partial charge < -0.3 is 0 Å². The molecule has 2 rings (SSSR count). The lowest BCUT2D eigenvalue weighted by atomic mass is 9.48. The van der Waals surface area contributed by atoms with E-state index in [9.17, 15) is 19.2 Å². The first-order valence-corrected chi connectivity index (χ1v) is 8.75. The molecule has 26 heavy (non-hydrogen) atoms. The highest BCUT2D eigenvalue weighted by Gasteiger charge is 2.60. The molecule has 0 bridgehead atoms. The largest absolute Gasteiger partial charge is 0.235 e. The van der Waals surface area contributed by atoms with E-state index in [1.165, 1.54) is 0 Å². The van der Waals surface area contributed by atoms with Crippen LogP contribution in [0.1, 0.15) is 52.4 Å². The van der Waals surface area contributed by atoms with Crippen molar-refractivity contribution < 1.29 is 19.2 Å². The summed E-state index contributed by atoms with van der Waals surface area (Å²) in [6, 6.07) is -1.53. The molecule has 0 aromatic carbocycles. The van der Waals surface area contributed by atoms with Crippen LogP contribution in [0.5, 0.6) is 0 Å². The van der Waals surface area contributed by atoms with E-state index in [0.717, 1.165) is 6.42 Å². The molecular formula is C18H22N4O4. The molecule has 2 aliphatic carbocycles. The molecule has 0 aliphatic heterocycles. The van der Waals surface area contributed by atoms with Gasteiger partial charge in [-0.05, 0) is 38.5 Å². The highest BCUT2D eigenvalue weighted by atomic mass is 16.1. The van der Waals surface area contributed by atoms with E-state index >= 15 is 0 Å². The van der Waals surface area contributed by atoms with E-state index < -0.39 is 29.0 Å². The first-order chi connectivity index (χ1) is 12.5. The molecule has 0 radical (unpaired) electrons. The van der Waals surface area contributed by atoms with Crippen LogP contribution in [0, 0.1) is 10.8 Å². The van der Waals surface area contributed by atoms with Crippen LogP contribution in [0.25, 0.3) is 0 Å². The predicted molar refractivity (Wildman–Crippen MR) is 91.6 cm³/mol. The van der Waals surface area contributed by atoms with Gasteiger partial charge in [0.1, 0.15) is 0 Å². The molecule has 0 spiro atoms. The zero-order valence-electron chi connectivity index (χ0n) is 15.0. The van der Waals surface area contributed by atoms with Crippen LogP contribution in [0.2, 0.25) is 0 Å². The van der Waals surface area contributed by atoms with E-state index in [4.69, 9.17) is 0 Å². The molecule has 2 fully saturated rings. The normalized spacial score (nSPS) is 39.3. The maximum Gasteiger partial charge on any atom is 0.235 e. The summed E-state index contributed by atoms with van der Waals surface area (Å²) in [6.07, 6.45) is 10.2. The molecule has 0 aromatic rings. The Kier molecular flexibility index (Phi) is 6.31. The second kappa shape index (κ2) is 8.27.